The first-order chi connectivity index (χ1) is 7.32. The van der Waals surface area contributed by atoms with Crippen molar-refractivity contribution < 1.29 is 16.5 Å². The Morgan fingerprint density at radius 3 is 1.56 bits per heavy atom. The summed E-state index contributed by atoms with van der Waals surface area (Å²) < 4.78 is 24.5. The van der Waals surface area contributed by atoms with Crippen LogP contribution in [0.15, 0.2) is 0 Å². The van der Waals surface area contributed by atoms with Crippen LogP contribution >= 0.6 is 0 Å². The van der Waals surface area contributed by atoms with Crippen molar-refractivity contribution in [2.75, 3.05) is 0 Å². The molecule has 0 aliphatic carbocycles. The molecule has 0 saturated carbocycles. The highest BCUT2D eigenvalue weighted by atomic mass is 28.5. The van der Waals surface area contributed by atoms with Crippen LogP contribution in [0.1, 0.15) is 13.8 Å². The van der Waals surface area contributed by atoms with E-state index < -0.39 is 35.7 Å². The highest BCUT2D eigenvalue weighted by Gasteiger charge is 2.45. The van der Waals surface area contributed by atoms with Crippen molar-refractivity contribution >= 4 is 35.7 Å². The van der Waals surface area contributed by atoms with Crippen LogP contribution in [0.3, 0.4) is 0 Å². The molecule has 0 aromatic rings. The Balaban J connectivity index is 2.85. The Bertz CT molecular complexity index is 222. The average Bonchev–Trinajstić information content (AvgIpc) is 2.14. The molecule has 1 aliphatic heterocycles. The molecule has 0 aromatic heterocycles. The second kappa shape index (κ2) is 5.57. The molecule has 0 N–H and O–H groups in total. The van der Waals surface area contributed by atoms with Gasteiger partial charge in [-0.1, -0.05) is 13.8 Å². The molecule has 8 heteroatoms. The Kier molecular flexibility index (Phi) is 5.14. The van der Waals surface area contributed by atoms with E-state index in [-0.39, 0.29) is 0 Å². The van der Waals surface area contributed by atoms with Gasteiger partial charge in [0.25, 0.3) is 18.6 Å². The smallest absolute Gasteiger partial charge is 0.316 e. The molecule has 4 atom stereocenters. The van der Waals surface area contributed by atoms with E-state index in [0.29, 0.717) is 0 Å². The lowest BCUT2D eigenvalue weighted by Crippen LogP contribution is -2.58. The van der Waals surface area contributed by atoms with Gasteiger partial charge < -0.3 is 16.5 Å². The number of rotatable bonds is 2. The van der Waals surface area contributed by atoms with Gasteiger partial charge in [-0.25, -0.2) is 0 Å². The van der Waals surface area contributed by atoms with Crippen LogP contribution < -0.4 is 0 Å². The molecule has 1 rings (SSSR count). The highest BCUT2D eigenvalue weighted by Crippen LogP contribution is 2.27. The fourth-order valence-corrected chi connectivity index (χ4v) is 18.5. The summed E-state index contributed by atoms with van der Waals surface area (Å²) in [5, 5.41) is 0. The van der Waals surface area contributed by atoms with Gasteiger partial charge in [0.2, 0.25) is 0 Å². The molecule has 0 radical (unpaired) electrons. The van der Waals surface area contributed by atoms with Gasteiger partial charge in [-0.15, -0.1) is 0 Å². The van der Waals surface area contributed by atoms with E-state index in [4.69, 9.17) is 16.5 Å². The van der Waals surface area contributed by atoms with Crippen molar-refractivity contribution in [2.24, 2.45) is 0 Å². The fraction of sp³-hybridized carbons (Fsp3) is 1.00. The van der Waals surface area contributed by atoms with Crippen molar-refractivity contribution in [1.29, 1.82) is 0 Å². The Labute approximate surface area is 104 Å². The summed E-state index contributed by atoms with van der Waals surface area (Å²) in [5.41, 5.74) is 0. The second-order valence-corrected chi connectivity index (χ2v) is 16.6. The third-order valence-corrected chi connectivity index (χ3v) is 18.7. The summed E-state index contributed by atoms with van der Waals surface area (Å²) in [6.45, 7) is 12.7. The normalized spacial score (nSPS) is 46.1. The van der Waals surface area contributed by atoms with E-state index in [1.165, 1.54) is 0 Å². The molecule has 0 spiro atoms. The largest absolute Gasteiger partial charge is 0.420 e. The molecule has 96 valence electrons. The monoisotopic (exact) mass is 296 g/mol. The minimum absolute atomic E-state index is 0.968. The summed E-state index contributed by atoms with van der Waals surface area (Å²) in [6, 6.07) is 1.94. The number of hydrogen-bond acceptors (Lipinski definition) is 4. The van der Waals surface area contributed by atoms with Crippen LogP contribution in [0.4, 0.5) is 0 Å². The molecule has 1 fully saturated rings. The summed E-state index contributed by atoms with van der Waals surface area (Å²) in [7, 11) is -7.18. The molecule has 4 unspecified atom stereocenters. The first-order valence-corrected chi connectivity index (χ1v) is 15.3. The van der Waals surface area contributed by atoms with Crippen LogP contribution in [0.5, 0.6) is 0 Å². The maximum Gasteiger partial charge on any atom is 0.316 e. The maximum atomic E-state index is 6.33. The Hall–Kier alpha value is 0.708. The lowest BCUT2D eigenvalue weighted by atomic mass is 11.0. The SMILES string of the molecule is CC[Si]1(C)O[SiH](C)O[SiH](C)O[Si](C)(CC)O1. The van der Waals surface area contributed by atoms with Crippen LogP contribution in [0.25, 0.3) is 0 Å². The molecule has 0 bridgehead atoms. The van der Waals surface area contributed by atoms with Crippen LogP contribution in [-0.4, -0.2) is 35.7 Å². The van der Waals surface area contributed by atoms with Crippen molar-refractivity contribution in [3.63, 3.8) is 0 Å². The van der Waals surface area contributed by atoms with E-state index in [9.17, 15) is 0 Å². The standard InChI is InChI=1S/C8H24O4Si4/c1-7-15(5)10-13(3)9-14(4)11-16(6,8-2)12-15/h13-14H,7-8H2,1-6H3. The van der Waals surface area contributed by atoms with Gasteiger partial charge in [-0.3, -0.25) is 0 Å². The lowest BCUT2D eigenvalue weighted by Gasteiger charge is -2.42. The van der Waals surface area contributed by atoms with E-state index in [1.54, 1.807) is 0 Å². The summed E-state index contributed by atoms with van der Waals surface area (Å²) in [5.74, 6) is 0. The third kappa shape index (κ3) is 3.87. The zero-order chi connectivity index (χ0) is 12.4. The quantitative estimate of drug-likeness (QED) is 0.730. The Morgan fingerprint density at radius 2 is 1.25 bits per heavy atom. The van der Waals surface area contributed by atoms with Gasteiger partial charge in [0, 0.05) is 0 Å². The minimum Gasteiger partial charge on any atom is -0.420 e. The van der Waals surface area contributed by atoms with E-state index >= 15 is 0 Å². The molecule has 0 aromatic carbocycles. The predicted octanol–water partition coefficient (Wildman–Crippen LogP) is 1.95. The van der Waals surface area contributed by atoms with Crippen LogP contribution in [-0.2, 0) is 16.5 Å². The zero-order valence-corrected chi connectivity index (χ0v) is 15.5. The zero-order valence-electron chi connectivity index (χ0n) is 11.2. The predicted molar refractivity (Wildman–Crippen MR) is 74.6 cm³/mol. The summed E-state index contributed by atoms with van der Waals surface area (Å²) in [6.07, 6.45) is 0. The van der Waals surface area contributed by atoms with Crippen molar-refractivity contribution in [3.8, 4) is 0 Å². The highest BCUT2D eigenvalue weighted by molar-refractivity contribution is 6.86. The van der Waals surface area contributed by atoms with Gasteiger partial charge in [0.1, 0.15) is 0 Å². The minimum atomic E-state index is -2.05. The summed E-state index contributed by atoms with van der Waals surface area (Å²) >= 11 is 0. The molecule has 1 heterocycles. The first-order valence-electron chi connectivity index (χ1n) is 6.04. The van der Waals surface area contributed by atoms with Crippen LogP contribution in [0.2, 0.25) is 38.3 Å². The van der Waals surface area contributed by atoms with Gasteiger partial charge >= 0.3 is 17.1 Å². The van der Waals surface area contributed by atoms with Gasteiger partial charge in [0.15, 0.2) is 0 Å². The third-order valence-electron chi connectivity index (χ3n) is 2.93. The average molecular weight is 297 g/mol. The van der Waals surface area contributed by atoms with Gasteiger partial charge in [-0.2, -0.15) is 0 Å². The Morgan fingerprint density at radius 1 is 0.875 bits per heavy atom. The molecular formula is C8H24O4Si4. The van der Waals surface area contributed by atoms with Crippen molar-refractivity contribution in [3.05, 3.63) is 0 Å². The number of hydrogen-bond donors (Lipinski definition) is 0. The molecule has 1 aliphatic rings. The molecular weight excluding hydrogens is 272 g/mol. The molecule has 1 saturated heterocycles. The molecule has 4 nitrogen and oxygen atoms in total. The lowest BCUT2D eigenvalue weighted by molar-refractivity contribution is 0.257. The maximum absolute atomic E-state index is 6.33. The van der Waals surface area contributed by atoms with Gasteiger partial charge in [-0.05, 0) is 38.3 Å². The van der Waals surface area contributed by atoms with Crippen molar-refractivity contribution in [2.45, 2.75) is 52.1 Å². The molecule has 16 heavy (non-hydrogen) atoms. The molecule has 0 amide bonds. The van der Waals surface area contributed by atoms with E-state index in [0.717, 1.165) is 12.1 Å². The fourth-order valence-electron chi connectivity index (χ4n) is 1.84. The topological polar surface area (TPSA) is 36.9 Å². The van der Waals surface area contributed by atoms with Crippen molar-refractivity contribution in [1.82, 2.24) is 0 Å². The van der Waals surface area contributed by atoms with E-state index in [1.807, 2.05) is 0 Å². The second-order valence-electron chi connectivity index (χ2n) is 4.58. The van der Waals surface area contributed by atoms with E-state index in [2.05, 4.69) is 40.0 Å². The van der Waals surface area contributed by atoms with Crippen LogP contribution in [0, 0.1) is 0 Å². The first kappa shape index (κ1) is 14.8. The summed E-state index contributed by atoms with van der Waals surface area (Å²) in [4.78, 5) is 0. The van der Waals surface area contributed by atoms with Gasteiger partial charge in [0.05, 0.1) is 0 Å².